The zero-order valence-electron chi connectivity index (χ0n) is 20.0. The second-order valence-corrected chi connectivity index (χ2v) is 9.46. The maximum absolute atomic E-state index is 13.4. The molecule has 0 atom stereocenters. The first kappa shape index (κ1) is 27.0. The number of hydrogen-bond donors (Lipinski definition) is 2. The summed E-state index contributed by atoms with van der Waals surface area (Å²) in [5.74, 6) is -3.71. The second-order valence-electron chi connectivity index (χ2n) is 9.46. The largest absolute Gasteiger partial charge is 0.506 e. The van der Waals surface area contributed by atoms with Gasteiger partial charge in [-0.3, -0.25) is 4.79 Å². The van der Waals surface area contributed by atoms with Crippen LogP contribution in [-0.4, -0.2) is 33.4 Å². The number of aromatic hydroxyl groups is 1. The van der Waals surface area contributed by atoms with E-state index in [-0.39, 0.29) is 11.5 Å². The van der Waals surface area contributed by atoms with E-state index < -0.39 is 59.2 Å². The third-order valence-electron chi connectivity index (χ3n) is 5.45. The first-order valence-electron chi connectivity index (χ1n) is 11.2. The molecule has 0 spiro atoms. The summed E-state index contributed by atoms with van der Waals surface area (Å²) < 4.78 is 51.3. The number of carbonyl (C=O) groups is 2. The van der Waals surface area contributed by atoms with Crippen LogP contribution in [0.2, 0.25) is 0 Å². The molecule has 1 aliphatic rings. The SMILES string of the molecule is CC(C)(C)OC(=O)c1c(COC2(CC(=O)O)C=CC(c3ccccc3)C=C2)ccc(C(F)(F)F)c1O. The van der Waals surface area contributed by atoms with Crippen LogP contribution in [0.5, 0.6) is 5.75 Å². The van der Waals surface area contributed by atoms with Gasteiger partial charge in [0.1, 0.15) is 22.5 Å². The summed E-state index contributed by atoms with van der Waals surface area (Å²) in [6, 6.07) is 11.1. The molecule has 2 N–H and O–H groups in total. The minimum Gasteiger partial charge on any atom is -0.506 e. The van der Waals surface area contributed by atoms with Gasteiger partial charge in [-0.25, -0.2) is 4.79 Å². The number of carbonyl (C=O) groups excluding carboxylic acids is 1. The normalized spacial score (nSPS) is 19.8. The molecule has 9 heteroatoms. The first-order valence-corrected chi connectivity index (χ1v) is 11.2. The summed E-state index contributed by atoms with van der Waals surface area (Å²) in [6.07, 6.45) is 1.34. The molecule has 0 fully saturated rings. The lowest BCUT2D eigenvalue weighted by atomic mass is 9.86. The monoisotopic (exact) mass is 504 g/mol. The van der Waals surface area contributed by atoms with Gasteiger partial charge in [-0.1, -0.05) is 60.7 Å². The van der Waals surface area contributed by atoms with E-state index in [1.54, 1.807) is 24.3 Å². The summed E-state index contributed by atoms with van der Waals surface area (Å²) in [6.45, 7) is 4.15. The van der Waals surface area contributed by atoms with E-state index in [9.17, 15) is 33.0 Å². The lowest BCUT2D eigenvalue weighted by molar-refractivity contribution is -0.142. The molecule has 2 aromatic carbocycles. The van der Waals surface area contributed by atoms with Crippen molar-refractivity contribution in [1.82, 2.24) is 0 Å². The Kier molecular flexibility index (Phi) is 7.64. The number of ether oxygens (including phenoxy) is 2. The smallest absolute Gasteiger partial charge is 0.419 e. The molecule has 0 radical (unpaired) electrons. The molecule has 0 heterocycles. The maximum Gasteiger partial charge on any atom is 0.419 e. The Morgan fingerprint density at radius 2 is 1.61 bits per heavy atom. The number of phenols is 1. The predicted octanol–water partition coefficient (Wildman–Crippen LogP) is 6.01. The van der Waals surface area contributed by atoms with E-state index in [0.717, 1.165) is 11.6 Å². The van der Waals surface area contributed by atoms with Gasteiger partial charge in [0, 0.05) is 5.92 Å². The van der Waals surface area contributed by atoms with Crippen LogP contribution in [-0.2, 0) is 27.1 Å². The fourth-order valence-corrected chi connectivity index (χ4v) is 3.80. The zero-order chi connectivity index (χ0) is 26.7. The molecule has 2 aromatic rings. The van der Waals surface area contributed by atoms with Crippen molar-refractivity contribution in [2.24, 2.45) is 0 Å². The van der Waals surface area contributed by atoms with Gasteiger partial charge in [-0.05, 0) is 38.0 Å². The van der Waals surface area contributed by atoms with Crippen molar-refractivity contribution in [1.29, 1.82) is 0 Å². The lowest BCUT2D eigenvalue weighted by Crippen LogP contribution is -2.33. The molecule has 0 amide bonds. The Labute approximate surface area is 206 Å². The average molecular weight is 505 g/mol. The molecule has 0 aromatic heterocycles. The van der Waals surface area contributed by atoms with Crippen LogP contribution >= 0.6 is 0 Å². The highest BCUT2D eigenvalue weighted by molar-refractivity contribution is 5.95. The Balaban J connectivity index is 1.94. The summed E-state index contributed by atoms with van der Waals surface area (Å²) in [4.78, 5) is 24.4. The number of carboxylic acid groups (broad SMARTS) is 1. The number of phenolic OH excluding ortho intramolecular Hbond substituents is 1. The number of benzene rings is 2. The van der Waals surface area contributed by atoms with Crippen LogP contribution in [0.1, 0.15) is 60.2 Å². The van der Waals surface area contributed by atoms with Gasteiger partial charge in [-0.2, -0.15) is 13.2 Å². The van der Waals surface area contributed by atoms with E-state index >= 15 is 0 Å². The third-order valence-corrected chi connectivity index (χ3v) is 5.45. The molecule has 192 valence electrons. The molecule has 3 rings (SSSR count). The van der Waals surface area contributed by atoms with E-state index in [0.29, 0.717) is 6.07 Å². The molecule has 0 unspecified atom stereocenters. The number of hydrogen-bond acceptors (Lipinski definition) is 5. The molecular weight excluding hydrogens is 477 g/mol. The predicted molar refractivity (Wildman–Crippen MR) is 126 cm³/mol. The topological polar surface area (TPSA) is 93.1 Å². The highest BCUT2D eigenvalue weighted by atomic mass is 19.4. The van der Waals surface area contributed by atoms with Crippen LogP contribution in [0.15, 0.2) is 66.8 Å². The van der Waals surface area contributed by atoms with Crippen molar-refractivity contribution >= 4 is 11.9 Å². The average Bonchev–Trinajstić information content (AvgIpc) is 2.76. The number of allylic oxidation sites excluding steroid dienone is 2. The molecule has 0 saturated heterocycles. The van der Waals surface area contributed by atoms with E-state index in [2.05, 4.69) is 0 Å². The maximum atomic E-state index is 13.4. The Morgan fingerprint density at radius 3 is 2.14 bits per heavy atom. The van der Waals surface area contributed by atoms with Gasteiger partial charge in [0.05, 0.1) is 18.6 Å². The van der Waals surface area contributed by atoms with E-state index in [1.807, 2.05) is 30.3 Å². The first-order chi connectivity index (χ1) is 16.7. The van der Waals surface area contributed by atoms with Gasteiger partial charge in [-0.15, -0.1) is 0 Å². The summed E-state index contributed by atoms with van der Waals surface area (Å²) in [5, 5.41) is 19.8. The van der Waals surface area contributed by atoms with Gasteiger partial charge in [0.15, 0.2) is 0 Å². The second kappa shape index (κ2) is 10.2. The van der Waals surface area contributed by atoms with Gasteiger partial charge in [0.2, 0.25) is 0 Å². The number of alkyl halides is 3. The van der Waals surface area contributed by atoms with Crippen molar-refractivity contribution < 1.29 is 42.4 Å². The van der Waals surface area contributed by atoms with Gasteiger partial charge < -0.3 is 19.7 Å². The van der Waals surface area contributed by atoms with Crippen LogP contribution in [0, 0.1) is 0 Å². The highest BCUT2D eigenvalue weighted by Gasteiger charge is 2.38. The summed E-state index contributed by atoms with van der Waals surface area (Å²) >= 11 is 0. The van der Waals surface area contributed by atoms with Crippen molar-refractivity contribution in [3.63, 3.8) is 0 Å². The quantitative estimate of drug-likeness (QED) is 0.355. The molecular formula is C27H27F3O6. The third kappa shape index (κ3) is 6.54. The highest BCUT2D eigenvalue weighted by Crippen LogP contribution is 2.40. The van der Waals surface area contributed by atoms with Crippen molar-refractivity contribution in [3.8, 4) is 5.75 Å². The van der Waals surface area contributed by atoms with Crippen molar-refractivity contribution in [2.45, 2.75) is 57.1 Å². The molecule has 1 aliphatic carbocycles. The minimum atomic E-state index is -4.91. The number of aliphatic carboxylic acids is 1. The molecule has 0 aliphatic heterocycles. The molecule has 0 saturated carbocycles. The standard InChI is InChI=1S/C27H27F3O6/c1-25(2,3)36-24(34)22-19(9-10-20(23(22)33)27(28,29)30)16-35-26(15-21(31)32)13-11-18(12-14-26)17-7-5-4-6-8-17/h4-14,18,33H,15-16H2,1-3H3,(H,31,32). The minimum absolute atomic E-state index is 0.0773. The number of halogens is 3. The Morgan fingerprint density at radius 1 is 1.00 bits per heavy atom. The Bertz CT molecular complexity index is 1160. The lowest BCUT2D eigenvalue weighted by Gasteiger charge is -2.31. The van der Waals surface area contributed by atoms with Crippen molar-refractivity contribution in [3.05, 3.63) is 89.0 Å². The zero-order valence-corrected chi connectivity index (χ0v) is 20.0. The fraction of sp³-hybridized carbons (Fsp3) is 0.333. The van der Waals surface area contributed by atoms with Crippen LogP contribution in [0.4, 0.5) is 13.2 Å². The molecule has 36 heavy (non-hydrogen) atoms. The number of rotatable bonds is 7. The van der Waals surface area contributed by atoms with Crippen LogP contribution in [0.25, 0.3) is 0 Å². The Hall–Kier alpha value is -3.59. The number of esters is 1. The van der Waals surface area contributed by atoms with Gasteiger partial charge in [0.25, 0.3) is 0 Å². The number of carboxylic acids is 1. The summed E-state index contributed by atoms with van der Waals surface area (Å²) in [7, 11) is 0. The fourth-order valence-electron chi connectivity index (χ4n) is 3.80. The van der Waals surface area contributed by atoms with E-state index in [1.165, 1.54) is 20.8 Å². The molecule has 0 bridgehead atoms. The van der Waals surface area contributed by atoms with E-state index in [4.69, 9.17) is 9.47 Å². The van der Waals surface area contributed by atoms with Gasteiger partial charge >= 0.3 is 18.1 Å². The summed E-state index contributed by atoms with van der Waals surface area (Å²) in [5.41, 5.74) is -3.63. The van der Waals surface area contributed by atoms with Crippen molar-refractivity contribution in [2.75, 3.05) is 0 Å². The van der Waals surface area contributed by atoms with Crippen LogP contribution in [0.3, 0.4) is 0 Å². The molecule has 6 nitrogen and oxygen atoms in total. The van der Waals surface area contributed by atoms with Crippen LogP contribution < -0.4 is 0 Å².